The van der Waals surface area contributed by atoms with E-state index < -0.39 is 11.5 Å². The third kappa shape index (κ3) is 1.65. The second-order valence-electron chi connectivity index (χ2n) is 4.20. The summed E-state index contributed by atoms with van der Waals surface area (Å²) in [4.78, 5) is 28.6. The molecule has 0 radical (unpaired) electrons. The van der Waals surface area contributed by atoms with Crippen LogP contribution in [0.5, 0.6) is 0 Å². The lowest BCUT2D eigenvalue weighted by Crippen LogP contribution is -2.35. The number of rotatable bonds is 2. The van der Waals surface area contributed by atoms with E-state index in [1.807, 2.05) is 6.92 Å². The molecule has 5 heteroatoms. The number of hydrogen-bond acceptors (Lipinski definition) is 3. The summed E-state index contributed by atoms with van der Waals surface area (Å²) < 4.78 is 0. The van der Waals surface area contributed by atoms with Crippen molar-refractivity contribution in [2.45, 2.75) is 31.6 Å². The molecule has 2 rings (SSSR count). The van der Waals surface area contributed by atoms with Crippen LogP contribution in [0.1, 0.15) is 42.5 Å². The van der Waals surface area contributed by atoms with Crippen molar-refractivity contribution in [3.63, 3.8) is 0 Å². The Morgan fingerprint density at radius 2 is 2.27 bits per heavy atom. The standard InChI is InChI=1S/C10H12N2O3/c1-10(3-2-4-10)9-11-6(8(14)15)5-7(13)12-9/h5H,2-4H2,1H3,(H,14,15)(H,11,12,13). The van der Waals surface area contributed by atoms with Gasteiger partial charge in [-0.2, -0.15) is 0 Å². The minimum atomic E-state index is -1.16. The van der Waals surface area contributed by atoms with Crippen LogP contribution in [0.25, 0.3) is 0 Å². The average molecular weight is 208 g/mol. The topological polar surface area (TPSA) is 83.0 Å². The van der Waals surface area contributed by atoms with Gasteiger partial charge in [0.1, 0.15) is 5.82 Å². The molecular weight excluding hydrogens is 196 g/mol. The Balaban J connectivity index is 2.48. The fourth-order valence-corrected chi connectivity index (χ4v) is 1.80. The van der Waals surface area contributed by atoms with Crippen LogP contribution in [0.3, 0.4) is 0 Å². The van der Waals surface area contributed by atoms with Crippen molar-refractivity contribution in [3.8, 4) is 0 Å². The first-order valence-corrected chi connectivity index (χ1v) is 4.86. The molecule has 1 fully saturated rings. The molecule has 1 aliphatic carbocycles. The van der Waals surface area contributed by atoms with E-state index in [2.05, 4.69) is 9.97 Å². The van der Waals surface area contributed by atoms with Crippen LogP contribution in [0.2, 0.25) is 0 Å². The minimum absolute atomic E-state index is 0.148. The van der Waals surface area contributed by atoms with Crippen molar-refractivity contribution in [2.24, 2.45) is 0 Å². The highest BCUT2D eigenvalue weighted by atomic mass is 16.4. The van der Waals surface area contributed by atoms with E-state index in [1.165, 1.54) is 0 Å². The predicted octanol–water partition coefficient (Wildman–Crippen LogP) is 0.910. The van der Waals surface area contributed by atoms with Crippen molar-refractivity contribution >= 4 is 5.97 Å². The molecule has 1 heterocycles. The largest absolute Gasteiger partial charge is 0.477 e. The van der Waals surface area contributed by atoms with Crippen molar-refractivity contribution in [2.75, 3.05) is 0 Å². The molecule has 1 aromatic heterocycles. The van der Waals surface area contributed by atoms with Gasteiger partial charge in [0.25, 0.3) is 5.56 Å². The highest BCUT2D eigenvalue weighted by Crippen LogP contribution is 2.40. The summed E-state index contributed by atoms with van der Waals surface area (Å²) in [6.45, 7) is 1.99. The number of carboxylic acids is 1. The SMILES string of the molecule is CC1(c2nc(C(=O)O)cc(=O)[nH]2)CCC1. The smallest absolute Gasteiger partial charge is 0.354 e. The van der Waals surface area contributed by atoms with Gasteiger partial charge in [0.05, 0.1) is 0 Å². The Kier molecular flexibility index (Phi) is 2.10. The lowest BCUT2D eigenvalue weighted by Gasteiger charge is -2.36. The van der Waals surface area contributed by atoms with Crippen LogP contribution in [0.4, 0.5) is 0 Å². The first kappa shape index (κ1) is 9.89. The van der Waals surface area contributed by atoms with E-state index in [0.29, 0.717) is 5.82 Å². The molecule has 0 amide bonds. The summed E-state index contributed by atoms with van der Waals surface area (Å²) in [5.74, 6) is -0.663. The van der Waals surface area contributed by atoms with Gasteiger partial charge >= 0.3 is 5.97 Å². The van der Waals surface area contributed by atoms with E-state index >= 15 is 0 Å². The Morgan fingerprint density at radius 3 is 2.73 bits per heavy atom. The summed E-state index contributed by atoms with van der Waals surface area (Å²) >= 11 is 0. The zero-order chi connectivity index (χ0) is 11.1. The van der Waals surface area contributed by atoms with Crippen LogP contribution in [-0.2, 0) is 5.41 Å². The molecule has 0 bridgehead atoms. The van der Waals surface area contributed by atoms with Gasteiger partial charge in [-0.05, 0) is 12.8 Å². The summed E-state index contributed by atoms with van der Waals surface area (Å²) in [5, 5.41) is 8.77. The summed E-state index contributed by atoms with van der Waals surface area (Å²) in [7, 11) is 0. The first-order chi connectivity index (χ1) is 7.01. The summed E-state index contributed by atoms with van der Waals surface area (Å²) in [6.07, 6.45) is 2.98. The van der Waals surface area contributed by atoms with Gasteiger partial charge in [-0.25, -0.2) is 9.78 Å². The van der Waals surface area contributed by atoms with Crippen LogP contribution in [-0.4, -0.2) is 21.0 Å². The zero-order valence-corrected chi connectivity index (χ0v) is 8.41. The molecule has 15 heavy (non-hydrogen) atoms. The van der Waals surface area contributed by atoms with Crippen molar-refractivity contribution in [3.05, 3.63) is 27.9 Å². The molecule has 0 spiro atoms. The molecule has 80 valence electrons. The second kappa shape index (κ2) is 3.18. The number of aromatic carboxylic acids is 1. The Hall–Kier alpha value is -1.65. The number of aromatic nitrogens is 2. The third-order valence-corrected chi connectivity index (χ3v) is 2.99. The van der Waals surface area contributed by atoms with Gasteiger partial charge in [0.2, 0.25) is 0 Å². The van der Waals surface area contributed by atoms with E-state index in [1.54, 1.807) is 0 Å². The maximum Gasteiger partial charge on any atom is 0.354 e. The highest BCUT2D eigenvalue weighted by molar-refractivity contribution is 5.85. The number of aromatic amines is 1. The van der Waals surface area contributed by atoms with Crippen molar-refractivity contribution in [1.82, 2.24) is 9.97 Å². The Labute approximate surface area is 86.2 Å². The lowest BCUT2D eigenvalue weighted by atomic mass is 9.70. The van der Waals surface area contributed by atoms with E-state index in [9.17, 15) is 9.59 Å². The number of H-pyrrole nitrogens is 1. The van der Waals surface area contributed by atoms with Gasteiger partial charge in [0.15, 0.2) is 5.69 Å². The summed E-state index contributed by atoms with van der Waals surface area (Å²) in [6, 6.07) is 1.01. The minimum Gasteiger partial charge on any atom is -0.477 e. The van der Waals surface area contributed by atoms with Crippen LogP contribution in [0.15, 0.2) is 10.9 Å². The van der Waals surface area contributed by atoms with E-state index in [-0.39, 0.29) is 11.1 Å². The second-order valence-corrected chi connectivity index (χ2v) is 4.20. The monoisotopic (exact) mass is 208 g/mol. The maximum atomic E-state index is 11.2. The van der Waals surface area contributed by atoms with Gasteiger partial charge in [-0.3, -0.25) is 4.79 Å². The average Bonchev–Trinajstić information content (AvgIpc) is 2.13. The zero-order valence-electron chi connectivity index (χ0n) is 8.41. The van der Waals surface area contributed by atoms with Crippen LogP contribution < -0.4 is 5.56 Å². The normalized spacial score (nSPS) is 18.2. The Bertz CT molecular complexity index is 460. The van der Waals surface area contributed by atoms with Crippen molar-refractivity contribution in [1.29, 1.82) is 0 Å². The molecule has 0 unspecified atom stereocenters. The number of nitrogens with zero attached hydrogens (tertiary/aromatic N) is 1. The molecule has 0 saturated heterocycles. The number of hydrogen-bond donors (Lipinski definition) is 2. The molecule has 2 N–H and O–H groups in total. The fraction of sp³-hybridized carbons (Fsp3) is 0.500. The molecule has 0 aromatic carbocycles. The fourth-order valence-electron chi connectivity index (χ4n) is 1.80. The van der Waals surface area contributed by atoms with Gasteiger partial charge < -0.3 is 10.1 Å². The molecule has 5 nitrogen and oxygen atoms in total. The molecule has 0 atom stereocenters. The third-order valence-electron chi connectivity index (χ3n) is 2.99. The number of nitrogens with one attached hydrogen (secondary N) is 1. The maximum absolute atomic E-state index is 11.2. The predicted molar refractivity (Wildman–Crippen MR) is 53.0 cm³/mol. The first-order valence-electron chi connectivity index (χ1n) is 4.86. The number of carbonyl (C=O) groups is 1. The molecule has 1 aromatic rings. The number of carboxylic acid groups (broad SMARTS) is 1. The van der Waals surface area contributed by atoms with Crippen LogP contribution >= 0.6 is 0 Å². The quantitative estimate of drug-likeness (QED) is 0.756. The summed E-state index contributed by atoms with van der Waals surface area (Å²) in [5.41, 5.74) is -0.725. The van der Waals surface area contributed by atoms with Crippen molar-refractivity contribution < 1.29 is 9.90 Å². The molecule has 1 aliphatic rings. The highest BCUT2D eigenvalue weighted by Gasteiger charge is 2.36. The molecule has 1 saturated carbocycles. The van der Waals surface area contributed by atoms with E-state index in [0.717, 1.165) is 25.3 Å². The van der Waals surface area contributed by atoms with Gasteiger partial charge in [-0.1, -0.05) is 13.3 Å². The van der Waals surface area contributed by atoms with Crippen LogP contribution in [0, 0.1) is 0 Å². The van der Waals surface area contributed by atoms with E-state index in [4.69, 9.17) is 5.11 Å². The molecular formula is C10H12N2O3. The Morgan fingerprint density at radius 1 is 1.60 bits per heavy atom. The lowest BCUT2D eigenvalue weighted by molar-refractivity contribution is 0.0689. The molecule has 0 aliphatic heterocycles. The van der Waals surface area contributed by atoms with Gasteiger partial charge in [-0.15, -0.1) is 0 Å². The van der Waals surface area contributed by atoms with Gasteiger partial charge in [0, 0.05) is 11.5 Å².